The number of hydrogen-bond donors (Lipinski definition) is 2. The summed E-state index contributed by atoms with van der Waals surface area (Å²) < 4.78 is 5.57. The van der Waals surface area contributed by atoms with Gasteiger partial charge in [0.2, 0.25) is 0 Å². The number of rotatable bonds is 7. The van der Waals surface area contributed by atoms with E-state index in [1.165, 1.54) is 32.4 Å². The van der Waals surface area contributed by atoms with Crippen LogP contribution in [0.4, 0.5) is 0 Å². The lowest BCUT2D eigenvalue weighted by atomic mass is 9.89. The highest BCUT2D eigenvalue weighted by molar-refractivity contribution is 14.0. The Morgan fingerprint density at radius 2 is 1.83 bits per heavy atom. The van der Waals surface area contributed by atoms with Crippen molar-refractivity contribution in [2.75, 3.05) is 46.4 Å². The van der Waals surface area contributed by atoms with Crippen molar-refractivity contribution in [3.8, 4) is 0 Å². The summed E-state index contributed by atoms with van der Waals surface area (Å²) in [5.74, 6) is 0.894. The van der Waals surface area contributed by atoms with Crippen LogP contribution in [0.5, 0.6) is 0 Å². The molecule has 0 aromatic heterocycles. The second-order valence-electron chi connectivity index (χ2n) is 7.14. The number of halogens is 1. The molecular formula is C17H37IN4O. The van der Waals surface area contributed by atoms with Crippen LogP contribution in [0.25, 0.3) is 0 Å². The topological polar surface area (TPSA) is 48.9 Å². The normalized spacial score (nSPS) is 18.2. The first-order chi connectivity index (χ1) is 10.5. The van der Waals surface area contributed by atoms with Crippen LogP contribution in [0.15, 0.2) is 4.99 Å². The van der Waals surface area contributed by atoms with Gasteiger partial charge >= 0.3 is 0 Å². The van der Waals surface area contributed by atoms with Crippen LogP contribution in [0.1, 0.15) is 47.0 Å². The van der Waals surface area contributed by atoms with E-state index in [9.17, 15) is 0 Å². The smallest absolute Gasteiger partial charge is 0.191 e. The van der Waals surface area contributed by atoms with Crippen LogP contribution in [0.2, 0.25) is 0 Å². The minimum absolute atomic E-state index is 0. The summed E-state index contributed by atoms with van der Waals surface area (Å²) in [6, 6.07) is 0. The van der Waals surface area contributed by atoms with Gasteiger partial charge in [0, 0.05) is 26.7 Å². The van der Waals surface area contributed by atoms with Gasteiger partial charge in [-0.15, -0.1) is 24.0 Å². The molecule has 138 valence electrons. The van der Waals surface area contributed by atoms with Crippen LogP contribution >= 0.6 is 24.0 Å². The molecule has 1 saturated heterocycles. The minimum atomic E-state index is 0. The van der Waals surface area contributed by atoms with E-state index in [1.54, 1.807) is 7.11 Å². The van der Waals surface area contributed by atoms with E-state index in [2.05, 4.69) is 48.2 Å². The summed E-state index contributed by atoms with van der Waals surface area (Å²) in [5.41, 5.74) is 0.101. The zero-order valence-corrected chi connectivity index (χ0v) is 18.0. The Bertz CT molecular complexity index is 325. The molecule has 1 unspecified atom stereocenters. The molecule has 0 aromatic rings. The van der Waals surface area contributed by atoms with Crippen molar-refractivity contribution in [2.24, 2.45) is 10.4 Å². The molecule has 2 N–H and O–H groups in total. The molecule has 5 nitrogen and oxygen atoms in total. The number of nitrogens with one attached hydrogen (secondary N) is 2. The summed E-state index contributed by atoms with van der Waals surface area (Å²) >= 11 is 0. The van der Waals surface area contributed by atoms with Crippen LogP contribution < -0.4 is 10.6 Å². The third-order valence-corrected chi connectivity index (χ3v) is 4.18. The fourth-order valence-corrected chi connectivity index (χ4v) is 2.73. The van der Waals surface area contributed by atoms with Gasteiger partial charge in [-0.2, -0.15) is 0 Å². The summed E-state index contributed by atoms with van der Waals surface area (Å²) in [4.78, 5) is 7.22. The van der Waals surface area contributed by atoms with Gasteiger partial charge < -0.3 is 20.3 Å². The third kappa shape index (κ3) is 9.72. The first-order valence-corrected chi connectivity index (χ1v) is 8.74. The molecular weight excluding hydrogens is 403 g/mol. The van der Waals surface area contributed by atoms with E-state index in [0.717, 1.165) is 25.6 Å². The van der Waals surface area contributed by atoms with E-state index in [1.807, 2.05) is 0 Å². The molecule has 1 aliphatic rings. The van der Waals surface area contributed by atoms with Gasteiger partial charge in [-0.25, -0.2) is 0 Å². The fourth-order valence-electron chi connectivity index (χ4n) is 2.73. The van der Waals surface area contributed by atoms with Crippen LogP contribution in [-0.4, -0.2) is 63.3 Å². The fraction of sp³-hybridized carbons (Fsp3) is 0.941. The molecule has 1 aliphatic heterocycles. The van der Waals surface area contributed by atoms with Gasteiger partial charge in [0.25, 0.3) is 0 Å². The SMILES string of the molecule is CCNC(=NCC(OC)C(C)(C)C)NCCN1CCCCC1.I. The van der Waals surface area contributed by atoms with Crippen molar-refractivity contribution in [1.82, 2.24) is 15.5 Å². The van der Waals surface area contributed by atoms with Crippen LogP contribution in [0.3, 0.4) is 0 Å². The van der Waals surface area contributed by atoms with E-state index in [4.69, 9.17) is 4.74 Å². The Hall–Kier alpha value is -0.0800. The lowest BCUT2D eigenvalue weighted by Gasteiger charge is -2.28. The van der Waals surface area contributed by atoms with E-state index in [-0.39, 0.29) is 35.5 Å². The molecule has 0 amide bonds. The monoisotopic (exact) mass is 440 g/mol. The minimum Gasteiger partial charge on any atom is -0.379 e. The van der Waals surface area contributed by atoms with Crippen molar-refractivity contribution in [1.29, 1.82) is 0 Å². The molecule has 0 aliphatic carbocycles. The average Bonchev–Trinajstić information content (AvgIpc) is 2.47. The summed E-state index contributed by atoms with van der Waals surface area (Å²) in [7, 11) is 1.77. The van der Waals surface area contributed by atoms with E-state index >= 15 is 0 Å². The second-order valence-corrected chi connectivity index (χ2v) is 7.14. The highest BCUT2D eigenvalue weighted by Crippen LogP contribution is 2.21. The highest BCUT2D eigenvalue weighted by atomic mass is 127. The molecule has 0 bridgehead atoms. The number of guanidine groups is 1. The van der Waals surface area contributed by atoms with Crippen molar-refractivity contribution < 1.29 is 4.74 Å². The standard InChI is InChI=1S/C17H36N4O.HI/c1-6-18-16(20-14-15(22-5)17(2,3)4)19-10-13-21-11-8-7-9-12-21;/h15H,6-14H2,1-5H3,(H2,18,19,20);1H. The predicted octanol–water partition coefficient (Wildman–Crippen LogP) is 2.71. The van der Waals surface area contributed by atoms with Crippen molar-refractivity contribution in [3.05, 3.63) is 0 Å². The van der Waals surface area contributed by atoms with Gasteiger partial charge in [-0.05, 0) is 38.3 Å². The highest BCUT2D eigenvalue weighted by Gasteiger charge is 2.24. The molecule has 0 aromatic carbocycles. The first-order valence-electron chi connectivity index (χ1n) is 8.74. The van der Waals surface area contributed by atoms with Crippen molar-refractivity contribution >= 4 is 29.9 Å². The number of methoxy groups -OCH3 is 1. The maximum absolute atomic E-state index is 5.57. The summed E-state index contributed by atoms with van der Waals surface area (Å²) in [5, 5.41) is 6.76. The molecule has 0 saturated carbocycles. The Kier molecular flexibility index (Phi) is 12.3. The van der Waals surface area contributed by atoms with Crippen LogP contribution in [0, 0.1) is 5.41 Å². The van der Waals surface area contributed by atoms with E-state index < -0.39 is 0 Å². The molecule has 1 rings (SSSR count). The second kappa shape index (κ2) is 12.3. The summed E-state index contributed by atoms with van der Waals surface area (Å²) in [6.07, 6.45) is 4.20. The first kappa shape index (κ1) is 22.9. The lowest BCUT2D eigenvalue weighted by Crippen LogP contribution is -2.43. The van der Waals surface area contributed by atoms with Gasteiger partial charge in [-0.1, -0.05) is 27.2 Å². The number of piperidine rings is 1. The largest absolute Gasteiger partial charge is 0.379 e. The molecule has 0 radical (unpaired) electrons. The predicted molar refractivity (Wildman–Crippen MR) is 110 cm³/mol. The third-order valence-electron chi connectivity index (χ3n) is 4.18. The number of likely N-dealkylation sites (tertiary alicyclic amines) is 1. The quantitative estimate of drug-likeness (QED) is 0.363. The Balaban J connectivity index is 0.00000484. The number of ether oxygens (including phenoxy) is 1. The van der Waals surface area contributed by atoms with Gasteiger partial charge in [0.1, 0.15) is 0 Å². The Morgan fingerprint density at radius 1 is 1.17 bits per heavy atom. The molecule has 1 fully saturated rings. The molecule has 0 spiro atoms. The zero-order chi connectivity index (χ0) is 16.4. The average molecular weight is 440 g/mol. The van der Waals surface area contributed by atoms with Gasteiger partial charge in [0.15, 0.2) is 5.96 Å². The number of aliphatic imine (C=N–C) groups is 1. The Morgan fingerprint density at radius 3 is 2.35 bits per heavy atom. The summed E-state index contributed by atoms with van der Waals surface area (Å²) in [6.45, 7) is 14.7. The van der Waals surface area contributed by atoms with Crippen molar-refractivity contribution in [2.45, 2.75) is 53.1 Å². The van der Waals surface area contributed by atoms with Crippen LogP contribution in [-0.2, 0) is 4.74 Å². The molecule has 1 atom stereocenters. The van der Waals surface area contributed by atoms with Gasteiger partial charge in [0.05, 0.1) is 12.6 Å². The number of nitrogens with zero attached hydrogens (tertiary/aromatic N) is 2. The molecule has 1 heterocycles. The number of hydrogen-bond acceptors (Lipinski definition) is 3. The van der Waals surface area contributed by atoms with Crippen molar-refractivity contribution in [3.63, 3.8) is 0 Å². The van der Waals surface area contributed by atoms with Gasteiger partial charge in [-0.3, -0.25) is 4.99 Å². The van der Waals surface area contributed by atoms with E-state index in [0.29, 0.717) is 6.54 Å². The maximum atomic E-state index is 5.57. The lowest BCUT2D eigenvalue weighted by molar-refractivity contribution is 0.0241. The molecule has 6 heteroatoms. The Labute approximate surface area is 160 Å². The maximum Gasteiger partial charge on any atom is 0.191 e. The molecule has 23 heavy (non-hydrogen) atoms. The zero-order valence-electron chi connectivity index (χ0n) is 15.7.